The lowest BCUT2D eigenvalue weighted by Gasteiger charge is -2.14. The second-order valence-electron chi connectivity index (χ2n) is 8.51. The molecule has 5 rings (SSSR count). The Morgan fingerprint density at radius 3 is 2.60 bits per heavy atom. The van der Waals surface area contributed by atoms with Gasteiger partial charge in [0.1, 0.15) is 17.7 Å². The summed E-state index contributed by atoms with van der Waals surface area (Å²) in [5, 5.41) is 13.7. The first-order valence-corrected chi connectivity index (χ1v) is 12.2. The molecular formula is C26H22FN5O2S. The first-order valence-electron chi connectivity index (χ1n) is 11.2. The number of nitriles is 1. The summed E-state index contributed by atoms with van der Waals surface area (Å²) in [6.07, 6.45) is 1.82. The van der Waals surface area contributed by atoms with Crippen LogP contribution in [0.5, 0.6) is 0 Å². The number of carbonyl (C=O) groups excluding carboxylic acids is 1. The number of fused-ring (bicyclic) bond motifs is 1. The standard InChI is InChI=1S/C26H22FN5O2S/c1-15-16(2)31(18-9-7-17(27)8-10-18)24(21(15)13-28)30-23(33)14-35-26-29-22-6-4-3-5-20(22)25(34)32(26)19-11-12-19/h3-10,19H,11-12,14H2,1-2H3,(H,30,33). The quantitative estimate of drug-likeness (QED) is 0.309. The van der Waals surface area contributed by atoms with Crippen molar-refractivity contribution in [2.75, 3.05) is 11.1 Å². The lowest BCUT2D eigenvalue weighted by atomic mass is 10.2. The van der Waals surface area contributed by atoms with Crippen molar-refractivity contribution in [3.63, 3.8) is 0 Å². The van der Waals surface area contributed by atoms with E-state index in [1.807, 2.05) is 26.0 Å². The number of rotatable bonds is 6. The summed E-state index contributed by atoms with van der Waals surface area (Å²) in [5.74, 6) is -0.361. The molecule has 1 fully saturated rings. The Bertz CT molecular complexity index is 1560. The third-order valence-corrected chi connectivity index (χ3v) is 7.14. The summed E-state index contributed by atoms with van der Waals surface area (Å²) in [7, 11) is 0. The van der Waals surface area contributed by atoms with Crippen LogP contribution in [0.2, 0.25) is 0 Å². The lowest BCUT2D eigenvalue weighted by molar-refractivity contribution is -0.113. The number of aromatic nitrogens is 3. The molecule has 0 aliphatic heterocycles. The molecular weight excluding hydrogens is 465 g/mol. The minimum absolute atomic E-state index is 0.00899. The summed E-state index contributed by atoms with van der Waals surface area (Å²) in [6, 6.07) is 15.3. The summed E-state index contributed by atoms with van der Waals surface area (Å²) >= 11 is 1.20. The Kier molecular flexibility index (Phi) is 5.91. The predicted octanol–water partition coefficient (Wildman–Crippen LogP) is 4.88. The van der Waals surface area contributed by atoms with Gasteiger partial charge >= 0.3 is 0 Å². The van der Waals surface area contributed by atoms with E-state index < -0.39 is 0 Å². The van der Waals surface area contributed by atoms with Crippen LogP contribution in [0.15, 0.2) is 58.5 Å². The Labute approximate surface area is 205 Å². The molecule has 0 saturated heterocycles. The number of hydrogen-bond acceptors (Lipinski definition) is 5. The average Bonchev–Trinajstić information content (AvgIpc) is 3.66. The first-order chi connectivity index (χ1) is 16.9. The number of carbonyl (C=O) groups is 1. The molecule has 1 amide bonds. The Morgan fingerprint density at radius 2 is 1.91 bits per heavy atom. The van der Waals surface area contributed by atoms with Crippen LogP contribution in [0, 0.1) is 31.0 Å². The number of amides is 1. The number of hydrogen-bond donors (Lipinski definition) is 1. The molecule has 9 heteroatoms. The monoisotopic (exact) mass is 487 g/mol. The van der Waals surface area contributed by atoms with Gasteiger partial charge in [0, 0.05) is 17.4 Å². The molecule has 0 spiro atoms. The van der Waals surface area contributed by atoms with E-state index in [2.05, 4.69) is 16.4 Å². The average molecular weight is 488 g/mol. The van der Waals surface area contributed by atoms with Gasteiger partial charge in [0.25, 0.3) is 5.56 Å². The number of thioether (sulfide) groups is 1. The van der Waals surface area contributed by atoms with Gasteiger partial charge in [-0.25, -0.2) is 9.37 Å². The van der Waals surface area contributed by atoms with Gasteiger partial charge in [-0.05, 0) is 68.7 Å². The highest BCUT2D eigenvalue weighted by Gasteiger charge is 2.29. The van der Waals surface area contributed by atoms with Crippen molar-refractivity contribution in [1.82, 2.24) is 14.1 Å². The van der Waals surface area contributed by atoms with Gasteiger partial charge in [-0.2, -0.15) is 5.26 Å². The number of anilines is 1. The number of nitrogens with zero attached hydrogens (tertiary/aromatic N) is 4. The second-order valence-corrected chi connectivity index (χ2v) is 9.45. The molecule has 1 aliphatic rings. The molecule has 2 aromatic carbocycles. The van der Waals surface area contributed by atoms with Crippen molar-refractivity contribution in [2.45, 2.75) is 37.9 Å². The van der Waals surface area contributed by atoms with Gasteiger partial charge in [0.05, 0.1) is 22.2 Å². The third kappa shape index (κ3) is 4.21. The molecule has 2 heterocycles. The maximum Gasteiger partial charge on any atom is 0.262 e. The van der Waals surface area contributed by atoms with Crippen molar-refractivity contribution in [1.29, 1.82) is 5.26 Å². The number of para-hydroxylation sites is 1. The topological polar surface area (TPSA) is 92.7 Å². The fourth-order valence-electron chi connectivity index (χ4n) is 4.15. The van der Waals surface area contributed by atoms with E-state index in [-0.39, 0.29) is 29.1 Å². The highest BCUT2D eigenvalue weighted by Crippen LogP contribution is 2.37. The highest BCUT2D eigenvalue weighted by molar-refractivity contribution is 7.99. The molecule has 1 N–H and O–H groups in total. The predicted molar refractivity (Wildman–Crippen MR) is 134 cm³/mol. The fourth-order valence-corrected chi connectivity index (χ4v) is 5.02. The van der Waals surface area contributed by atoms with Gasteiger partial charge in [0.15, 0.2) is 5.16 Å². The summed E-state index contributed by atoms with van der Waals surface area (Å²) in [6.45, 7) is 3.66. The van der Waals surface area contributed by atoms with Crippen LogP contribution in [-0.2, 0) is 4.79 Å². The van der Waals surface area contributed by atoms with Crippen molar-refractivity contribution in [3.05, 3.63) is 81.5 Å². The molecule has 2 aromatic heterocycles. The molecule has 0 radical (unpaired) electrons. The van der Waals surface area contributed by atoms with Crippen LogP contribution in [0.4, 0.5) is 10.2 Å². The minimum Gasteiger partial charge on any atom is -0.310 e. The first kappa shape index (κ1) is 22.9. The van der Waals surface area contributed by atoms with Gasteiger partial charge in [0.2, 0.25) is 5.91 Å². The molecule has 0 bridgehead atoms. The third-order valence-electron chi connectivity index (χ3n) is 6.19. The van der Waals surface area contributed by atoms with Gasteiger partial charge < -0.3 is 5.32 Å². The summed E-state index contributed by atoms with van der Waals surface area (Å²) in [4.78, 5) is 30.7. The minimum atomic E-state index is -0.373. The zero-order valence-electron chi connectivity index (χ0n) is 19.2. The zero-order chi connectivity index (χ0) is 24.7. The molecule has 35 heavy (non-hydrogen) atoms. The number of nitrogens with one attached hydrogen (secondary N) is 1. The van der Waals surface area contributed by atoms with E-state index in [1.165, 1.54) is 23.9 Å². The van der Waals surface area contributed by atoms with Crippen LogP contribution in [-0.4, -0.2) is 25.8 Å². The van der Waals surface area contributed by atoms with E-state index in [0.29, 0.717) is 33.1 Å². The smallest absolute Gasteiger partial charge is 0.262 e. The van der Waals surface area contributed by atoms with Crippen LogP contribution in [0.25, 0.3) is 16.6 Å². The normalized spacial score (nSPS) is 13.1. The Hall–Kier alpha value is -3.90. The molecule has 0 unspecified atom stereocenters. The van der Waals surface area contributed by atoms with Crippen LogP contribution >= 0.6 is 11.8 Å². The van der Waals surface area contributed by atoms with E-state index in [0.717, 1.165) is 24.1 Å². The highest BCUT2D eigenvalue weighted by atomic mass is 32.2. The number of benzene rings is 2. The molecule has 1 saturated carbocycles. The lowest BCUT2D eigenvalue weighted by Crippen LogP contribution is -2.23. The van der Waals surface area contributed by atoms with E-state index in [4.69, 9.17) is 0 Å². The van der Waals surface area contributed by atoms with Crippen LogP contribution in [0.3, 0.4) is 0 Å². The van der Waals surface area contributed by atoms with Gasteiger partial charge in [-0.1, -0.05) is 23.9 Å². The van der Waals surface area contributed by atoms with Crippen molar-refractivity contribution < 1.29 is 9.18 Å². The van der Waals surface area contributed by atoms with Crippen LogP contribution < -0.4 is 10.9 Å². The van der Waals surface area contributed by atoms with Gasteiger partial charge in [-0.15, -0.1) is 0 Å². The Balaban J connectivity index is 1.44. The molecule has 0 atom stereocenters. The van der Waals surface area contributed by atoms with E-state index >= 15 is 0 Å². The molecule has 176 valence electrons. The van der Waals surface area contributed by atoms with Crippen molar-refractivity contribution in [2.24, 2.45) is 0 Å². The second kappa shape index (κ2) is 9.04. The zero-order valence-corrected chi connectivity index (χ0v) is 20.0. The summed E-state index contributed by atoms with van der Waals surface area (Å²) < 4.78 is 16.9. The summed E-state index contributed by atoms with van der Waals surface area (Å²) in [5.41, 5.74) is 3.00. The SMILES string of the molecule is Cc1c(C#N)c(NC(=O)CSc2nc3ccccc3c(=O)n2C2CC2)n(-c2ccc(F)cc2)c1C. The van der Waals surface area contributed by atoms with Gasteiger partial charge in [-0.3, -0.25) is 18.7 Å². The van der Waals surface area contributed by atoms with Crippen LogP contribution in [0.1, 0.15) is 35.7 Å². The molecule has 7 nitrogen and oxygen atoms in total. The van der Waals surface area contributed by atoms with Crippen molar-refractivity contribution >= 4 is 34.4 Å². The maximum absolute atomic E-state index is 13.5. The van der Waals surface area contributed by atoms with Crippen molar-refractivity contribution in [3.8, 4) is 11.8 Å². The Morgan fingerprint density at radius 1 is 1.20 bits per heavy atom. The fraction of sp³-hybridized carbons (Fsp3) is 0.231. The maximum atomic E-state index is 13.5. The largest absolute Gasteiger partial charge is 0.310 e. The molecule has 1 aliphatic carbocycles. The molecule has 4 aromatic rings. The van der Waals surface area contributed by atoms with E-state index in [9.17, 15) is 19.2 Å². The number of halogens is 1. The van der Waals surface area contributed by atoms with E-state index in [1.54, 1.807) is 33.4 Å².